The minimum Gasteiger partial charge on any atom is -0.355 e. The van der Waals surface area contributed by atoms with Gasteiger partial charge in [0.2, 0.25) is 5.91 Å². The van der Waals surface area contributed by atoms with E-state index in [1.54, 1.807) is 13.0 Å². The zero-order chi connectivity index (χ0) is 15.7. The van der Waals surface area contributed by atoms with Crippen molar-refractivity contribution in [2.75, 3.05) is 31.1 Å². The Kier molecular flexibility index (Phi) is 3.96. The van der Waals surface area contributed by atoms with Crippen LogP contribution in [0.15, 0.2) is 12.3 Å². The van der Waals surface area contributed by atoms with E-state index in [1.807, 2.05) is 4.90 Å². The quantitative estimate of drug-likeness (QED) is 0.628. The molecule has 2 aliphatic rings. The lowest BCUT2D eigenvalue weighted by Gasteiger charge is -2.23. The number of pyridine rings is 1. The Morgan fingerprint density at radius 1 is 1.32 bits per heavy atom. The number of anilines is 1. The normalized spacial score (nSPS) is 19.0. The van der Waals surface area contributed by atoms with Gasteiger partial charge in [-0.2, -0.15) is 0 Å². The lowest BCUT2D eigenvalue weighted by Crippen LogP contribution is -2.36. The summed E-state index contributed by atoms with van der Waals surface area (Å²) in [5.41, 5.74) is 0.661. The SMILES string of the molecule is Cc1cc(N2CCCN(C(=O)C3CC3)CC2)ncc1[N+](=O)[O-]. The van der Waals surface area contributed by atoms with Crippen LogP contribution < -0.4 is 4.90 Å². The lowest BCUT2D eigenvalue weighted by molar-refractivity contribution is -0.385. The van der Waals surface area contributed by atoms with Crippen LogP contribution in [-0.2, 0) is 4.79 Å². The van der Waals surface area contributed by atoms with Gasteiger partial charge in [0, 0.05) is 37.7 Å². The summed E-state index contributed by atoms with van der Waals surface area (Å²) >= 11 is 0. The summed E-state index contributed by atoms with van der Waals surface area (Å²) in [5.74, 6) is 1.30. The van der Waals surface area contributed by atoms with Crippen LogP contribution in [0.3, 0.4) is 0 Å². The third-order valence-electron chi connectivity index (χ3n) is 4.32. The van der Waals surface area contributed by atoms with Crippen LogP contribution in [0.1, 0.15) is 24.8 Å². The average molecular weight is 304 g/mol. The van der Waals surface area contributed by atoms with Gasteiger partial charge in [0.1, 0.15) is 12.0 Å². The largest absolute Gasteiger partial charge is 0.355 e. The molecule has 1 amide bonds. The van der Waals surface area contributed by atoms with Gasteiger partial charge in [0.25, 0.3) is 5.69 Å². The monoisotopic (exact) mass is 304 g/mol. The van der Waals surface area contributed by atoms with Crippen LogP contribution in [0.5, 0.6) is 0 Å². The van der Waals surface area contributed by atoms with Crippen molar-refractivity contribution in [1.82, 2.24) is 9.88 Å². The van der Waals surface area contributed by atoms with E-state index in [1.165, 1.54) is 6.20 Å². The number of aromatic nitrogens is 1. The second-order valence-corrected chi connectivity index (χ2v) is 6.03. The Labute approximate surface area is 129 Å². The van der Waals surface area contributed by atoms with Crippen molar-refractivity contribution >= 4 is 17.4 Å². The minimum absolute atomic E-state index is 0.0455. The highest BCUT2D eigenvalue weighted by molar-refractivity contribution is 5.81. The highest BCUT2D eigenvalue weighted by atomic mass is 16.6. The van der Waals surface area contributed by atoms with Gasteiger partial charge in [0.15, 0.2) is 0 Å². The summed E-state index contributed by atoms with van der Waals surface area (Å²) in [6.45, 7) is 4.76. The van der Waals surface area contributed by atoms with Gasteiger partial charge < -0.3 is 9.80 Å². The fourth-order valence-electron chi connectivity index (χ4n) is 2.85. The minimum atomic E-state index is -0.412. The third kappa shape index (κ3) is 3.03. The first-order valence-corrected chi connectivity index (χ1v) is 7.71. The van der Waals surface area contributed by atoms with Gasteiger partial charge in [-0.25, -0.2) is 4.98 Å². The van der Waals surface area contributed by atoms with Crippen molar-refractivity contribution < 1.29 is 9.72 Å². The number of nitrogens with zero attached hydrogens (tertiary/aromatic N) is 4. The van der Waals surface area contributed by atoms with E-state index in [9.17, 15) is 14.9 Å². The van der Waals surface area contributed by atoms with Gasteiger partial charge in [-0.15, -0.1) is 0 Å². The number of nitro groups is 1. The van der Waals surface area contributed by atoms with E-state index in [-0.39, 0.29) is 17.5 Å². The van der Waals surface area contributed by atoms with Gasteiger partial charge in [0.05, 0.1) is 4.92 Å². The highest BCUT2D eigenvalue weighted by Gasteiger charge is 2.34. The van der Waals surface area contributed by atoms with E-state index in [0.717, 1.165) is 44.7 Å². The van der Waals surface area contributed by atoms with Gasteiger partial charge in [-0.3, -0.25) is 14.9 Å². The van der Waals surface area contributed by atoms with Crippen molar-refractivity contribution in [1.29, 1.82) is 0 Å². The summed E-state index contributed by atoms with van der Waals surface area (Å²) < 4.78 is 0. The van der Waals surface area contributed by atoms with Crippen LogP contribution in [0.2, 0.25) is 0 Å². The molecule has 1 aliphatic heterocycles. The maximum absolute atomic E-state index is 12.1. The molecule has 0 aromatic carbocycles. The van der Waals surface area contributed by atoms with E-state index < -0.39 is 4.92 Å². The average Bonchev–Trinajstić information content (AvgIpc) is 3.32. The molecular weight excluding hydrogens is 284 g/mol. The number of hydrogen-bond acceptors (Lipinski definition) is 5. The molecule has 1 aliphatic carbocycles. The maximum atomic E-state index is 12.1. The van der Waals surface area contributed by atoms with E-state index in [0.29, 0.717) is 12.1 Å². The summed E-state index contributed by atoms with van der Waals surface area (Å²) in [6, 6.07) is 1.76. The molecule has 0 bridgehead atoms. The Morgan fingerprint density at radius 3 is 2.73 bits per heavy atom. The Morgan fingerprint density at radius 2 is 2.09 bits per heavy atom. The molecule has 1 saturated heterocycles. The molecule has 1 saturated carbocycles. The molecule has 3 rings (SSSR count). The maximum Gasteiger partial charge on any atom is 0.290 e. The van der Waals surface area contributed by atoms with Gasteiger partial charge in [-0.05, 0) is 32.3 Å². The second-order valence-electron chi connectivity index (χ2n) is 6.03. The molecule has 2 fully saturated rings. The first-order chi connectivity index (χ1) is 10.6. The summed E-state index contributed by atoms with van der Waals surface area (Å²) in [7, 11) is 0. The van der Waals surface area contributed by atoms with Gasteiger partial charge >= 0.3 is 0 Å². The predicted octanol–water partition coefficient (Wildman–Crippen LogP) is 1.75. The molecule has 1 aromatic heterocycles. The standard InChI is InChI=1S/C15H20N4O3/c1-11-9-14(16-10-13(11)19(21)22)17-5-2-6-18(8-7-17)15(20)12-3-4-12/h9-10,12H,2-8H2,1H3. The molecule has 118 valence electrons. The number of hydrogen-bond donors (Lipinski definition) is 0. The highest BCUT2D eigenvalue weighted by Crippen LogP contribution is 2.31. The topological polar surface area (TPSA) is 79.6 Å². The predicted molar refractivity (Wildman–Crippen MR) is 81.8 cm³/mol. The second kappa shape index (κ2) is 5.90. The molecule has 22 heavy (non-hydrogen) atoms. The molecular formula is C15H20N4O3. The first kappa shape index (κ1) is 14.7. The molecule has 2 heterocycles. The van der Waals surface area contributed by atoms with Crippen molar-refractivity contribution in [3.63, 3.8) is 0 Å². The molecule has 0 unspecified atom stereocenters. The molecule has 0 N–H and O–H groups in total. The van der Waals surface area contributed by atoms with Crippen LogP contribution >= 0.6 is 0 Å². The number of carbonyl (C=O) groups excluding carboxylic acids is 1. The number of amides is 1. The Bertz CT molecular complexity index is 600. The van der Waals surface area contributed by atoms with Crippen molar-refractivity contribution in [2.45, 2.75) is 26.2 Å². The van der Waals surface area contributed by atoms with Crippen LogP contribution in [-0.4, -0.2) is 46.9 Å². The molecule has 0 atom stereocenters. The molecule has 7 nitrogen and oxygen atoms in total. The summed E-state index contributed by atoms with van der Waals surface area (Å²) in [4.78, 5) is 30.9. The van der Waals surface area contributed by atoms with Crippen molar-refractivity contribution in [2.24, 2.45) is 5.92 Å². The fourth-order valence-corrected chi connectivity index (χ4v) is 2.85. The van der Waals surface area contributed by atoms with Crippen LogP contribution in [0.4, 0.5) is 11.5 Å². The third-order valence-corrected chi connectivity index (χ3v) is 4.32. The van der Waals surface area contributed by atoms with E-state index >= 15 is 0 Å². The van der Waals surface area contributed by atoms with Gasteiger partial charge in [-0.1, -0.05) is 0 Å². The zero-order valence-corrected chi connectivity index (χ0v) is 12.7. The summed E-state index contributed by atoms with van der Waals surface area (Å²) in [6.07, 6.45) is 4.28. The van der Waals surface area contributed by atoms with Crippen LogP contribution in [0, 0.1) is 23.0 Å². The lowest BCUT2D eigenvalue weighted by atomic mass is 10.2. The smallest absolute Gasteiger partial charge is 0.290 e. The zero-order valence-electron chi connectivity index (χ0n) is 12.7. The molecule has 7 heteroatoms. The van der Waals surface area contributed by atoms with Crippen LogP contribution in [0.25, 0.3) is 0 Å². The van der Waals surface area contributed by atoms with Crippen molar-refractivity contribution in [3.05, 3.63) is 27.9 Å². The Hall–Kier alpha value is -2.18. The van der Waals surface area contributed by atoms with E-state index in [2.05, 4.69) is 9.88 Å². The number of carbonyl (C=O) groups is 1. The number of rotatable bonds is 3. The molecule has 1 aromatic rings. The first-order valence-electron chi connectivity index (χ1n) is 7.71. The van der Waals surface area contributed by atoms with E-state index in [4.69, 9.17) is 0 Å². The molecule has 0 spiro atoms. The van der Waals surface area contributed by atoms with Crippen molar-refractivity contribution in [3.8, 4) is 0 Å². The summed E-state index contributed by atoms with van der Waals surface area (Å²) in [5, 5.41) is 10.9. The molecule has 0 radical (unpaired) electrons. The Balaban J connectivity index is 1.69. The fraction of sp³-hybridized carbons (Fsp3) is 0.600. The number of aryl methyl sites for hydroxylation is 1.